The maximum Gasteiger partial charge on any atom is 0.326 e. The number of nitrogens with one attached hydrogen (secondary N) is 1. The molecule has 0 fully saturated rings. The van der Waals surface area contributed by atoms with Crippen LogP contribution in [0.2, 0.25) is 0 Å². The number of aromatic nitrogens is 5. The summed E-state index contributed by atoms with van der Waals surface area (Å²) >= 11 is 0. The molecule has 1 aromatic carbocycles. The SMILES string of the molecule is O=C(Nc1cc(-c2c(-c3ccccc3)nc3cccnn23)ccn1)c1cccc[n+]1O. The summed E-state index contributed by atoms with van der Waals surface area (Å²) in [6.07, 6.45) is 4.70. The van der Waals surface area contributed by atoms with E-state index < -0.39 is 5.91 Å². The molecule has 31 heavy (non-hydrogen) atoms. The molecule has 0 aliphatic carbocycles. The van der Waals surface area contributed by atoms with Gasteiger partial charge < -0.3 is 5.32 Å². The van der Waals surface area contributed by atoms with Crippen molar-refractivity contribution < 1.29 is 14.7 Å². The summed E-state index contributed by atoms with van der Waals surface area (Å²) in [5, 5.41) is 17.1. The Kier molecular flexibility index (Phi) is 4.57. The Bertz CT molecular complexity index is 1400. The third kappa shape index (κ3) is 3.46. The zero-order valence-corrected chi connectivity index (χ0v) is 16.3. The van der Waals surface area contributed by atoms with E-state index in [2.05, 4.69) is 15.4 Å². The fourth-order valence-corrected chi connectivity index (χ4v) is 3.39. The van der Waals surface area contributed by atoms with Gasteiger partial charge in [-0.1, -0.05) is 30.3 Å². The van der Waals surface area contributed by atoms with Crippen molar-refractivity contribution in [1.29, 1.82) is 0 Å². The van der Waals surface area contributed by atoms with Gasteiger partial charge in [0.05, 0.1) is 5.69 Å². The van der Waals surface area contributed by atoms with Crippen molar-refractivity contribution in [3.63, 3.8) is 0 Å². The summed E-state index contributed by atoms with van der Waals surface area (Å²) in [5.41, 5.74) is 4.12. The Labute approximate surface area is 177 Å². The zero-order chi connectivity index (χ0) is 21.2. The second-order valence-corrected chi connectivity index (χ2v) is 6.78. The molecule has 0 bridgehead atoms. The van der Waals surface area contributed by atoms with Crippen molar-refractivity contribution in [2.75, 3.05) is 5.32 Å². The molecule has 0 aliphatic heterocycles. The van der Waals surface area contributed by atoms with E-state index in [9.17, 15) is 10.0 Å². The number of carbonyl (C=O) groups excluding carboxylic acids is 1. The third-order valence-corrected chi connectivity index (χ3v) is 4.79. The Hall–Kier alpha value is -4.59. The summed E-state index contributed by atoms with van der Waals surface area (Å²) in [5.74, 6) is -0.136. The first-order valence-corrected chi connectivity index (χ1v) is 9.57. The van der Waals surface area contributed by atoms with Gasteiger partial charge in [0.1, 0.15) is 11.5 Å². The Balaban J connectivity index is 1.59. The molecule has 0 aliphatic rings. The molecule has 1 amide bonds. The van der Waals surface area contributed by atoms with Gasteiger partial charge in [-0.25, -0.2) is 14.5 Å². The molecule has 5 rings (SSSR count). The van der Waals surface area contributed by atoms with E-state index in [1.807, 2.05) is 48.5 Å². The number of nitrogens with zero attached hydrogens (tertiary/aromatic N) is 5. The molecule has 0 saturated heterocycles. The molecule has 0 atom stereocenters. The summed E-state index contributed by atoms with van der Waals surface area (Å²) in [7, 11) is 0. The highest BCUT2D eigenvalue weighted by molar-refractivity contribution is 6.01. The fourth-order valence-electron chi connectivity index (χ4n) is 3.39. The quantitative estimate of drug-likeness (QED) is 0.351. The average Bonchev–Trinajstić information content (AvgIpc) is 3.20. The first-order valence-electron chi connectivity index (χ1n) is 9.57. The maximum atomic E-state index is 12.6. The molecule has 4 aromatic heterocycles. The third-order valence-electron chi connectivity index (χ3n) is 4.79. The lowest BCUT2D eigenvalue weighted by atomic mass is 10.1. The van der Waals surface area contributed by atoms with Crippen LogP contribution in [0.25, 0.3) is 28.2 Å². The van der Waals surface area contributed by atoms with Crippen LogP contribution < -0.4 is 10.0 Å². The van der Waals surface area contributed by atoms with Crippen molar-refractivity contribution in [3.8, 4) is 22.5 Å². The predicted molar refractivity (Wildman–Crippen MR) is 113 cm³/mol. The molecule has 0 saturated carbocycles. The van der Waals surface area contributed by atoms with Crippen LogP contribution in [0.15, 0.2) is 91.4 Å². The molecule has 2 N–H and O–H groups in total. The van der Waals surface area contributed by atoms with Crippen molar-refractivity contribution in [3.05, 3.63) is 97.1 Å². The van der Waals surface area contributed by atoms with Gasteiger partial charge in [0.25, 0.3) is 0 Å². The first-order chi connectivity index (χ1) is 15.2. The van der Waals surface area contributed by atoms with Crippen LogP contribution in [0.4, 0.5) is 5.82 Å². The average molecular weight is 409 g/mol. The van der Waals surface area contributed by atoms with Crippen LogP contribution in [0.1, 0.15) is 10.5 Å². The van der Waals surface area contributed by atoms with Crippen molar-refractivity contribution in [2.45, 2.75) is 0 Å². The number of carbonyl (C=O) groups is 1. The minimum atomic E-state index is -0.479. The van der Waals surface area contributed by atoms with Gasteiger partial charge in [-0.3, -0.25) is 10.0 Å². The van der Waals surface area contributed by atoms with E-state index in [0.717, 1.165) is 27.2 Å². The van der Waals surface area contributed by atoms with E-state index >= 15 is 0 Å². The number of anilines is 1. The van der Waals surface area contributed by atoms with Gasteiger partial charge in [0.2, 0.25) is 6.20 Å². The number of rotatable bonds is 4. The van der Waals surface area contributed by atoms with E-state index in [4.69, 9.17) is 4.98 Å². The van der Waals surface area contributed by atoms with Crippen LogP contribution in [0.3, 0.4) is 0 Å². The monoisotopic (exact) mass is 409 g/mol. The number of amides is 1. The minimum absolute atomic E-state index is 0.0937. The fraction of sp³-hybridized carbons (Fsp3) is 0. The Morgan fingerprint density at radius 1 is 0.935 bits per heavy atom. The van der Waals surface area contributed by atoms with Crippen LogP contribution in [-0.4, -0.2) is 30.7 Å². The van der Waals surface area contributed by atoms with Crippen molar-refractivity contribution in [2.24, 2.45) is 0 Å². The maximum absolute atomic E-state index is 12.6. The highest BCUT2D eigenvalue weighted by Gasteiger charge is 2.21. The molecule has 4 heterocycles. The highest BCUT2D eigenvalue weighted by atomic mass is 16.5. The topological polar surface area (TPSA) is 96.3 Å². The molecule has 150 valence electrons. The Morgan fingerprint density at radius 2 is 1.77 bits per heavy atom. The molecule has 0 radical (unpaired) electrons. The van der Waals surface area contributed by atoms with Crippen LogP contribution in [0, 0.1) is 0 Å². The van der Waals surface area contributed by atoms with Gasteiger partial charge in [-0.2, -0.15) is 5.10 Å². The lowest BCUT2D eigenvalue weighted by Gasteiger charge is -2.07. The van der Waals surface area contributed by atoms with E-state index in [0.29, 0.717) is 11.5 Å². The molecule has 8 heteroatoms. The van der Waals surface area contributed by atoms with E-state index in [-0.39, 0.29) is 5.69 Å². The van der Waals surface area contributed by atoms with Crippen molar-refractivity contribution >= 4 is 17.4 Å². The number of pyridine rings is 2. The van der Waals surface area contributed by atoms with E-state index in [1.54, 1.807) is 35.1 Å². The number of hydrogen-bond acceptors (Lipinski definition) is 5. The number of hydrogen-bond donors (Lipinski definition) is 2. The summed E-state index contributed by atoms with van der Waals surface area (Å²) in [6, 6.07) is 22.0. The molecule has 0 spiro atoms. The van der Waals surface area contributed by atoms with Crippen molar-refractivity contribution in [1.82, 2.24) is 19.6 Å². The molecule has 8 nitrogen and oxygen atoms in total. The standard InChI is InChI=1S/C23H16N6O2/c30-23(18-9-4-5-14-28(18)31)26-19-15-17(11-13-24-19)22-21(16-7-2-1-3-8-16)27-20-10-6-12-25-29(20)22/h1-15H,(H-,24,26,30,31)/p+1. The lowest BCUT2D eigenvalue weighted by molar-refractivity contribution is -0.905. The smallest absolute Gasteiger partial charge is 0.301 e. The van der Waals surface area contributed by atoms with Gasteiger partial charge in [-0.15, -0.1) is 0 Å². The summed E-state index contributed by atoms with van der Waals surface area (Å²) in [4.78, 5) is 21.6. The van der Waals surface area contributed by atoms with Gasteiger partial charge in [0, 0.05) is 40.4 Å². The molecular formula is C23H17N6O2+. The van der Waals surface area contributed by atoms with Gasteiger partial charge in [0.15, 0.2) is 5.65 Å². The molecular weight excluding hydrogens is 392 g/mol. The Morgan fingerprint density at radius 3 is 2.61 bits per heavy atom. The lowest BCUT2D eigenvalue weighted by Crippen LogP contribution is -2.39. The number of fused-ring (bicyclic) bond motifs is 1. The summed E-state index contributed by atoms with van der Waals surface area (Å²) < 4.78 is 2.53. The molecule has 5 aromatic rings. The number of imidazole rings is 1. The predicted octanol–water partition coefficient (Wildman–Crippen LogP) is 3.24. The van der Waals surface area contributed by atoms with Gasteiger partial charge >= 0.3 is 11.6 Å². The molecule has 0 unspecified atom stereocenters. The second kappa shape index (κ2) is 7.68. The van der Waals surface area contributed by atoms with Gasteiger partial charge in [-0.05, 0) is 30.3 Å². The van der Waals surface area contributed by atoms with Crippen LogP contribution in [0.5, 0.6) is 0 Å². The second-order valence-electron chi connectivity index (χ2n) is 6.78. The van der Waals surface area contributed by atoms with Crippen LogP contribution >= 0.6 is 0 Å². The van der Waals surface area contributed by atoms with Crippen LogP contribution in [-0.2, 0) is 0 Å². The number of benzene rings is 1. The zero-order valence-electron chi connectivity index (χ0n) is 16.3. The highest BCUT2D eigenvalue weighted by Crippen LogP contribution is 2.32. The summed E-state index contributed by atoms with van der Waals surface area (Å²) in [6.45, 7) is 0. The first kappa shape index (κ1) is 18.4. The normalized spacial score (nSPS) is 10.8. The van der Waals surface area contributed by atoms with E-state index in [1.165, 1.54) is 12.3 Å². The largest absolute Gasteiger partial charge is 0.326 e. The minimum Gasteiger partial charge on any atom is -0.301 e.